The Morgan fingerprint density at radius 1 is 1.00 bits per heavy atom. The standard InChI is InChI=1S/C22H25NS.ClH/c1-2-7-19(8-3-1)20-11-13-23(14-12-20)17-18-6-4-9-21(16-18)22-10-5-15-24-22;/h1-3,5,7-8,10-11,15-16,18H,4,6,9,12-14,17H2;1H/t18-;/m1./s1. The van der Waals surface area contributed by atoms with Crippen LogP contribution in [-0.4, -0.2) is 24.5 Å². The minimum Gasteiger partial charge on any atom is -0.299 e. The van der Waals surface area contributed by atoms with E-state index in [4.69, 9.17) is 0 Å². The summed E-state index contributed by atoms with van der Waals surface area (Å²) in [6.45, 7) is 3.51. The molecule has 0 saturated carbocycles. The van der Waals surface area contributed by atoms with Crippen LogP contribution in [0.3, 0.4) is 0 Å². The molecule has 1 aliphatic carbocycles. The fraction of sp³-hybridized carbons (Fsp3) is 0.364. The maximum Gasteiger partial charge on any atom is 0.0299 e. The maximum atomic E-state index is 2.63. The minimum atomic E-state index is 0. The van der Waals surface area contributed by atoms with Crippen LogP contribution < -0.4 is 0 Å². The average Bonchev–Trinajstić information content (AvgIpc) is 3.18. The van der Waals surface area contributed by atoms with E-state index in [9.17, 15) is 0 Å². The molecule has 0 N–H and O–H groups in total. The third-order valence-electron chi connectivity index (χ3n) is 5.23. The van der Waals surface area contributed by atoms with Gasteiger partial charge in [0.1, 0.15) is 0 Å². The summed E-state index contributed by atoms with van der Waals surface area (Å²) in [5.74, 6) is 0.725. The lowest BCUT2D eigenvalue weighted by atomic mass is 9.89. The van der Waals surface area contributed by atoms with Gasteiger partial charge in [-0.05, 0) is 59.8 Å². The van der Waals surface area contributed by atoms with Crippen LogP contribution >= 0.6 is 23.7 Å². The van der Waals surface area contributed by atoms with Crippen LogP contribution in [0.5, 0.6) is 0 Å². The maximum absolute atomic E-state index is 2.63. The van der Waals surface area contributed by atoms with Crippen LogP contribution in [0.15, 0.2) is 60.0 Å². The van der Waals surface area contributed by atoms with E-state index in [-0.39, 0.29) is 12.4 Å². The number of hydrogen-bond donors (Lipinski definition) is 0. The van der Waals surface area contributed by atoms with Crippen molar-refractivity contribution in [3.8, 4) is 0 Å². The molecular weight excluding hydrogens is 346 g/mol. The molecule has 1 aromatic carbocycles. The lowest BCUT2D eigenvalue weighted by molar-refractivity contribution is 0.262. The van der Waals surface area contributed by atoms with Crippen molar-refractivity contribution in [2.24, 2.45) is 5.92 Å². The Morgan fingerprint density at radius 2 is 1.88 bits per heavy atom. The molecule has 2 heterocycles. The Hall–Kier alpha value is -1.35. The molecule has 2 aliphatic rings. The predicted octanol–water partition coefficient (Wildman–Crippen LogP) is 6.14. The van der Waals surface area contributed by atoms with Gasteiger partial charge in [0, 0.05) is 24.5 Å². The van der Waals surface area contributed by atoms with Crippen molar-refractivity contribution in [2.75, 3.05) is 19.6 Å². The van der Waals surface area contributed by atoms with Gasteiger partial charge in [0.05, 0.1) is 0 Å². The van der Waals surface area contributed by atoms with Crippen molar-refractivity contribution < 1.29 is 0 Å². The molecule has 0 unspecified atom stereocenters. The first kappa shape index (κ1) is 18.4. The van der Waals surface area contributed by atoms with Gasteiger partial charge in [0.25, 0.3) is 0 Å². The molecule has 0 spiro atoms. The van der Waals surface area contributed by atoms with Gasteiger partial charge in [-0.25, -0.2) is 0 Å². The topological polar surface area (TPSA) is 3.24 Å². The summed E-state index contributed by atoms with van der Waals surface area (Å²) in [6, 6.07) is 15.3. The van der Waals surface area contributed by atoms with Gasteiger partial charge in [-0.3, -0.25) is 4.90 Å². The van der Waals surface area contributed by atoms with Gasteiger partial charge < -0.3 is 0 Å². The molecule has 0 amide bonds. The molecule has 4 rings (SSSR count). The number of benzene rings is 1. The molecule has 1 nitrogen and oxygen atoms in total. The number of nitrogens with zero attached hydrogens (tertiary/aromatic N) is 1. The van der Waals surface area contributed by atoms with Gasteiger partial charge >= 0.3 is 0 Å². The van der Waals surface area contributed by atoms with Crippen LogP contribution in [0.2, 0.25) is 0 Å². The van der Waals surface area contributed by atoms with Crippen molar-refractivity contribution in [1.29, 1.82) is 0 Å². The van der Waals surface area contributed by atoms with Gasteiger partial charge in [0.15, 0.2) is 0 Å². The van der Waals surface area contributed by atoms with Crippen LogP contribution in [0.1, 0.15) is 36.1 Å². The summed E-state index contributed by atoms with van der Waals surface area (Å²) in [4.78, 5) is 4.11. The second-order valence-electron chi connectivity index (χ2n) is 6.93. The van der Waals surface area contributed by atoms with Crippen molar-refractivity contribution in [3.05, 3.63) is 70.4 Å². The molecule has 1 aromatic heterocycles. The second-order valence-corrected chi connectivity index (χ2v) is 7.87. The van der Waals surface area contributed by atoms with Crippen molar-refractivity contribution >= 4 is 34.9 Å². The lowest BCUT2D eigenvalue weighted by Gasteiger charge is -2.31. The van der Waals surface area contributed by atoms with Gasteiger partial charge in [-0.2, -0.15) is 0 Å². The second kappa shape index (κ2) is 8.84. The number of allylic oxidation sites excluding steroid dienone is 1. The molecule has 1 atom stereocenters. The van der Waals surface area contributed by atoms with Crippen LogP contribution in [0, 0.1) is 5.92 Å². The van der Waals surface area contributed by atoms with Gasteiger partial charge in [0.2, 0.25) is 0 Å². The highest BCUT2D eigenvalue weighted by molar-refractivity contribution is 7.11. The first-order chi connectivity index (χ1) is 11.9. The smallest absolute Gasteiger partial charge is 0.0299 e. The molecule has 0 radical (unpaired) electrons. The van der Waals surface area contributed by atoms with Crippen LogP contribution in [-0.2, 0) is 0 Å². The Kier molecular flexibility index (Phi) is 6.52. The lowest BCUT2D eigenvalue weighted by Crippen LogP contribution is -2.33. The van der Waals surface area contributed by atoms with Gasteiger partial charge in [-0.15, -0.1) is 23.7 Å². The average molecular weight is 372 g/mol. The monoisotopic (exact) mass is 371 g/mol. The third kappa shape index (κ3) is 4.63. The first-order valence-corrected chi connectivity index (χ1v) is 9.98. The Labute approximate surface area is 161 Å². The number of halogens is 1. The van der Waals surface area contributed by atoms with Gasteiger partial charge in [-0.1, -0.05) is 48.6 Å². The minimum absolute atomic E-state index is 0. The molecule has 3 heteroatoms. The molecule has 0 bridgehead atoms. The fourth-order valence-electron chi connectivity index (χ4n) is 3.94. The van der Waals surface area contributed by atoms with Crippen molar-refractivity contribution in [3.63, 3.8) is 0 Å². The van der Waals surface area contributed by atoms with E-state index in [1.165, 1.54) is 54.8 Å². The number of rotatable bonds is 4. The summed E-state index contributed by atoms with van der Waals surface area (Å²) >= 11 is 1.88. The Balaban J connectivity index is 0.00000182. The normalized spacial score (nSPS) is 21.2. The third-order valence-corrected chi connectivity index (χ3v) is 6.17. The molecule has 0 fully saturated rings. The Morgan fingerprint density at radius 3 is 2.60 bits per heavy atom. The number of hydrogen-bond acceptors (Lipinski definition) is 2. The Bertz CT molecular complexity index is 718. The summed E-state index contributed by atoms with van der Waals surface area (Å²) in [5.41, 5.74) is 4.50. The van der Waals surface area contributed by atoms with E-state index in [0.717, 1.165) is 12.5 Å². The molecule has 132 valence electrons. The van der Waals surface area contributed by atoms with Crippen LogP contribution in [0.25, 0.3) is 11.1 Å². The van der Waals surface area contributed by atoms with E-state index in [0.29, 0.717) is 0 Å². The zero-order chi connectivity index (χ0) is 16.2. The zero-order valence-electron chi connectivity index (χ0n) is 14.6. The molecular formula is C22H26ClNS. The fourth-order valence-corrected chi connectivity index (χ4v) is 4.72. The summed E-state index contributed by atoms with van der Waals surface area (Å²) < 4.78 is 0. The predicted molar refractivity (Wildman–Crippen MR) is 112 cm³/mol. The van der Waals surface area contributed by atoms with E-state index < -0.39 is 0 Å². The van der Waals surface area contributed by atoms with Crippen molar-refractivity contribution in [2.45, 2.75) is 25.7 Å². The molecule has 25 heavy (non-hydrogen) atoms. The van der Waals surface area contributed by atoms with E-state index >= 15 is 0 Å². The highest BCUT2D eigenvalue weighted by Crippen LogP contribution is 2.33. The summed E-state index contributed by atoms with van der Waals surface area (Å²) in [7, 11) is 0. The van der Waals surface area contributed by atoms with Crippen molar-refractivity contribution in [1.82, 2.24) is 4.90 Å². The SMILES string of the molecule is C1=C(c2ccccc2)CCN(C[C@H]2C=C(c3cccs3)CCC2)C1.Cl. The zero-order valence-corrected chi connectivity index (χ0v) is 16.2. The largest absolute Gasteiger partial charge is 0.299 e. The van der Waals surface area contributed by atoms with E-state index in [2.05, 4.69) is 64.9 Å². The van der Waals surface area contributed by atoms with E-state index in [1.54, 1.807) is 5.57 Å². The summed E-state index contributed by atoms with van der Waals surface area (Å²) in [5, 5.41) is 2.19. The summed E-state index contributed by atoms with van der Waals surface area (Å²) in [6.07, 6.45) is 10.1. The van der Waals surface area contributed by atoms with Crippen LogP contribution in [0.4, 0.5) is 0 Å². The quantitative estimate of drug-likeness (QED) is 0.623. The highest BCUT2D eigenvalue weighted by atomic mass is 35.5. The van der Waals surface area contributed by atoms with E-state index in [1.807, 2.05) is 11.3 Å². The molecule has 0 saturated heterocycles. The first-order valence-electron chi connectivity index (χ1n) is 9.10. The highest BCUT2D eigenvalue weighted by Gasteiger charge is 2.20. The molecule has 1 aliphatic heterocycles. The number of thiophene rings is 1. The molecule has 2 aromatic rings.